The first-order chi connectivity index (χ1) is 40.6. The van der Waals surface area contributed by atoms with Crippen LogP contribution in [0.25, 0.3) is 21.5 Å². The van der Waals surface area contributed by atoms with Crippen molar-refractivity contribution in [3.8, 4) is 0 Å². The molecule has 8 rings (SSSR count). The number of amides is 6. The zero-order valence-corrected chi connectivity index (χ0v) is 50.0. The van der Waals surface area contributed by atoms with E-state index in [4.69, 9.17) is 0 Å². The Balaban J connectivity index is 0.965. The molecule has 0 aliphatic heterocycles. The second-order valence-corrected chi connectivity index (χ2v) is 27.7. The summed E-state index contributed by atoms with van der Waals surface area (Å²) in [7, 11) is -31.7. The van der Waals surface area contributed by atoms with E-state index in [0.29, 0.717) is 46.5 Å². The van der Waals surface area contributed by atoms with Crippen molar-refractivity contribution in [3.05, 3.63) is 166 Å². The summed E-state index contributed by atoms with van der Waals surface area (Å²) in [6.45, 7) is 6.05. The molecule has 6 amide bonds. The van der Waals surface area contributed by atoms with Crippen LogP contribution in [0.4, 0.5) is 38.9 Å². The molecule has 0 heterocycles. The molecule has 0 unspecified atom stereocenters. The number of nitrogens with one attached hydrogen (secondary N) is 6. The summed E-state index contributed by atoms with van der Waals surface area (Å²) < 4.78 is 207. The van der Waals surface area contributed by atoms with Crippen molar-refractivity contribution < 1.29 is 102 Å². The summed E-state index contributed by atoms with van der Waals surface area (Å²) in [5.74, 6) is -3.67. The summed E-state index contributed by atoms with van der Waals surface area (Å²) in [4.78, 5) is 61.2. The average Bonchev–Trinajstić information content (AvgIpc) is 0.923. The first kappa shape index (κ1) is 64.9. The van der Waals surface area contributed by atoms with Gasteiger partial charge in [-0.3, -0.25) is 57.1 Å². The van der Waals surface area contributed by atoms with Gasteiger partial charge in [0, 0.05) is 77.9 Å². The number of anilines is 6. The molecule has 0 radical (unpaired) electrons. The van der Waals surface area contributed by atoms with E-state index in [0.717, 1.165) is 24.3 Å². The third-order valence-corrected chi connectivity index (χ3v) is 18.4. The number of imide groups is 2. The van der Waals surface area contributed by atoms with Gasteiger partial charge in [-0.05, 0) is 147 Å². The molecule has 0 saturated heterocycles. The Morgan fingerprint density at radius 3 is 0.898 bits per heavy atom. The molecule has 35 heteroatoms. The van der Waals surface area contributed by atoms with Gasteiger partial charge in [-0.25, -0.2) is 4.79 Å². The van der Waals surface area contributed by atoms with Crippen molar-refractivity contribution in [3.63, 3.8) is 0 Å². The highest BCUT2D eigenvalue weighted by atomic mass is 32.2. The van der Waals surface area contributed by atoms with Gasteiger partial charge in [-0.15, -0.1) is 0 Å². The zero-order chi connectivity index (χ0) is 65.1. The molecule has 8 aromatic rings. The maximum atomic E-state index is 13.8. The van der Waals surface area contributed by atoms with Crippen LogP contribution in [0.2, 0.25) is 0 Å². The normalized spacial score (nSPS) is 12.3. The minimum atomic E-state index is -5.40. The largest absolute Gasteiger partial charge is 0.355 e. The van der Waals surface area contributed by atoms with Crippen LogP contribution >= 0.6 is 0 Å². The Morgan fingerprint density at radius 2 is 0.602 bits per heavy atom. The fourth-order valence-corrected chi connectivity index (χ4v) is 13.1. The highest BCUT2D eigenvalue weighted by Gasteiger charge is 2.30. The Kier molecular flexibility index (Phi) is 17.3. The molecule has 88 heavy (non-hydrogen) atoms. The summed E-state index contributed by atoms with van der Waals surface area (Å²) in [6, 6.07) is 20.3. The lowest BCUT2D eigenvalue weighted by Crippen LogP contribution is -2.42. The monoisotopic (exact) mass is 1320 g/mol. The predicted molar refractivity (Wildman–Crippen MR) is 314 cm³/mol. The molecule has 0 fully saturated rings. The van der Waals surface area contributed by atoms with Crippen molar-refractivity contribution in [2.75, 3.05) is 21.3 Å². The molecule has 29 nitrogen and oxygen atoms in total. The van der Waals surface area contributed by atoms with E-state index in [2.05, 4.69) is 21.3 Å². The smallest absolute Gasteiger partial charge is 0.328 e. The van der Waals surface area contributed by atoms with Gasteiger partial charge in [0.1, 0.15) is 19.6 Å². The Hall–Kier alpha value is -9.11. The summed E-state index contributed by atoms with van der Waals surface area (Å²) in [5, 5.41) is 12.0. The van der Waals surface area contributed by atoms with E-state index in [1.807, 2.05) is 10.6 Å². The number of hydrogen-bond donors (Lipinski definition) is 12. The van der Waals surface area contributed by atoms with Gasteiger partial charge in [-0.1, -0.05) is 24.3 Å². The minimum absolute atomic E-state index is 0.0111. The number of urea groups is 1. The SMILES string of the molecule is Cc1ccc(NC(=O)c2cc(Nc3ccc(S(=O)(=O)O)c4cc(S(=O)(=O)O)cc(S(=O)(=O)O)c34)ccc2C)cc1C(=O)NC(=O)NC(=O)c1cc(NC(=O)c2cc(Nc3ccc(S(=O)(=O)O)c4cc(S(=O)(=O)O)cc(S(=O)(=O)O)c34)ccc2C)ccc1C. The fourth-order valence-electron chi connectivity index (χ4n) is 9.01. The van der Waals surface area contributed by atoms with Crippen LogP contribution < -0.4 is 31.9 Å². The Morgan fingerprint density at radius 1 is 0.318 bits per heavy atom. The standard InChI is InChI=1S/C53H44N6O23S6/c1-25-5-9-29(54-41-13-15-43(85(71,72)73)39-21-33(83(65,66)67)23-45(47(39)41)87(77,78)79)17-35(25)49(60)56-31-11-7-27(3)37(19-31)51(62)58-53(64)59-52(63)38-20-32(12-8-28(38)4)57-50(61)36-18-30(10-6-26(36)2)55-42-14-16-44(86(74,75)76)40-22-34(84(68,69)70)24-46(48(40)42)88(80,81)82/h5-24,54-55H,1-4H3,(H,56,60)(H,57,61)(H,65,66,67)(H,68,69,70)(H,71,72,73)(H,74,75,76)(H,77,78,79)(H,80,81,82)(H2,58,59,62,63,64). The van der Waals surface area contributed by atoms with Gasteiger partial charge < -0.3 is 21.3 Å². The minimum Gasteiger partial charge on any atom is -0.355 e. The van der Waals surface area contributed by atoms with Gasteiger partial charge >= 0.3 is 6.03 Å². The molecule has 0 aliphatic carbocycles. The van der Waals surface area contributed by atoms with Crippen LogP contribution in [0.1, 0.15) is 63.7 Å². The molecule has 0 aromatic heterocycles. The molecular formula is C53H44N6O23S6. The third-order valence-electron chi connectivity index (χ3n) is 13.2. The highest BCUT2D eigenvalue weighted by molar-refractivity contribution is 7.88. The van der Waals surface area contributed by atoms with E-state index in [9.17, 15) is 102 Å². The lowest BCUT2D eigenvalue weighted by Gasteiger charge is -2.17. The van der Waals surface area contributed by atoms with E-state index in [1.165, 1.54) is 100 Å². The third kappa shape index (κ3) is 14.2. The summed E-state index contributed by atoms with van der Waals surface area (Å²) in [5.41, 5.74) is 0.366. The molecule has 12 N–H and O–H groups in total. The lowest BCUT2D eigenvalue weighted by atomic mass is 10.0. The molecule has 460 valence electrons. The van der Waals surface area contributed by atoms with Crippen LogP contribution in [0.5, 0.6) is 0 Å². The number of rotatable bonds is 16. The van der Waals surface area contributed by atoms with Crippen molar-refractivity contribution in [2.24, 2.45) is 0 Å². The quantitative estimate of drug-likeness (QED) is 0.0434. The van der Waals surface area contributed by atoms with E-state index in [-0.39, 0.29) is 56.4 Å². The van der Waals surface area contributed by atoms with Crippen LogP contribution in [0.3, 0.4) is 0 Å². The van der Waals surface area contributed by atoms with Crippen LogP contribution in [0.15, 0.2) is 151 Å². The summed E-state index contributed by atoms with van der Waals surface area (Å²) in [6.07, 6.45) is 0. The van der Waals surface area contributed by atoms with Crippen molar-refractivity contribution in [2.45, 2.75) is 57.1 Å². The number of hydrogen-bond acceptors (Lipinski definition) is 19. The van der Waals surface area contributed by atoms with Crippen LogP contribution in [0, 0.1) is 27.7 Å². The topological polar surface area (TPSA) is 484 Å². The second kappa shape index (κ2) is 23.5. The Labute approximate surface area is 499 Å². The number of carbonyl (C=O) groups is 5. The molecule has 8 aromatic carbocycles. The lowest BCUT2D eigenvalue weighted by molar-refractivity contribution is 0.0939. The molecular weight excluding hydrogens is 1280 g/mol. The van der Waals surface area contributed by atoms with Crippen molar-refractivity contribution in [1.82, 2.24) is 10.6 Å². The van der Waals surface area contributed by atoms with Gasteiger partial charge in [0.05, 0.1) is 9.79 Å². The van der Waals surface area contributed by atoms with Crippen molar-refractivity contribution >= 4 is 146 Å². The number of fused-ring (bicyclic) bond motifs is 2. The van der Waals surface area contributed by atoms with Crippen LogP contribution in [-0.2, 0) is 60.7 Å². The summed E-state index contributed by atoms with van der Waals surface area (Å²) >= 11 is 0. The molecule has 0 saturated carbocycles. The molecule has 0 spiro atoms. The highest BCUT2D eigenvalue weighted by Crippen LogP contribution is 2.40. The van der Waals surface area contributed by atoms with Crippen molar-refractivity contribution in [1.29, 1.82) is 0 Å². The molecule has 0 bridgehead atoms. The number of carbonyl (C=O) groups excluding carboxylic acids is 5. The van der Waals surface area contributed by atoms with Gasteiger partial charge in [0.25, 0.3) is 84.3 Å². The second-order valence-electron chi connectivity index (χ2n) is 19.3. The van der Waals surface area contributed by atoms with E-state index in [1.54, 1.807) is 0 Å². The fraction of sp³-hybridized carbons (Fsp3) is 0.0755. The first-order valence-corrected chi connectivity index (χ1v) is 33.1. The van der Waals surface area contributed by atoms with E-state index < -0.39 is 141 Å². The predicted octanol–water partition coefficient (Wildman–Crippen LogP) is 6.98. The maximum absolute atomic E-state index is 13.8. The number of benzene rings is 8. The average molecular weight is 1330 g/mol. The van der Waals surface area contributed by atoms with E-state index >= 15 is 0 Å². The molecule has 0 atom stereocenters. The first-order valence-electron chi connectivity index (χ1n) is 24.4. The van der Waals surface area contributed by atoms with Gasteiger partial charge in [-0.2, -0.15) is 50.5 Å². The van der Waals surface area contributed by atoms with Gasteiger partial charge in [0.15, 0.2) is 0 Å². The maximum Gasteiger partial charge on any atom is 0.328 e. The van der Waals surface area contributed by atoms with Gasteiger partial charge in [0.2, 0.25) is 0 Å². The zero-order valence-electron chi connectivity index (χ0n) is 45.1. The number of aryl methyl sites for hydroxylation is 4. The Bertz CT molecular complexity index is 4820. The van der Waals surface area contributed by atoms with Crippen LogP contribution in [-0.4, -0.2) is 107 Å². The molecule has 0 aliphatic rings.